The van der Waals surface area contributed by atoms with E-state index in [1.54, 1.807) is 0 Å². The van der Waals surface area contributed by atoms with Crippen LogP contribution in [0, 0.1) is 0 Å². The molecule has 1 heterocycles. The SMILES string of the molecule is OC1(CNC2CCC3(CC2)OCCO3)CCCC1. The maximum absolute atomic E-state index is 10.3. The highest BCUT2D eigenvalue weighted by atomic mass is 16.7. The van der Waals surface area contributed by atoms with Gasteiger partial charge in [-0.25, -0.2) is 0 Å². The van der Waals surface area contributed by atoms with Gasteiger partial charge in [-0.3, -0.25) is 0 Å². The van der Waals surface area contributed by atoms with Gasteiger partial charge in [0.05, 0.1) is 18.8 Å². The first-order valence-corrected chi connectivity index (χ1v) is 7.44. The molecule has 0 bridgehead atoms. The Labute approximate surface area is 109 Å². The van der Waals surface area contributed by atoms with E-state index in [2.05, 4.69) is 5.32 Å². The van der Waals surface area contributed by atoms with Gasteiger partial charge in [0.1, 0.15) is 0 Å². The van der Waals surface area contributed by atoms with Crippen LogP contribution in [0.3, 0.4) is 0 Å². The molecule has 1 spiro atoms. The van der Waals surface area contributed by atoms with E-state index in [4.69, 9.17) is 9.47 Å². The molecule has 0 unspecified atom stereocenters. The molecule has 18 heavy (non-hydrogen) atoms. The predicted octanol–water partition coefficient (Wildman–Crippen LogP) is 1.57. The van der Waals surface area contributed by atoms with E-state index in [-0.39, 0.29) is 5.79 Å². The molecule has 0 amide bonds. The molecule has 3 fully saturated rings. The van der Waals surface area contributed by atoms with Crippen molar-refractivity contribution in [2.24, 2.45) is 0 Å². The summed E-state index contributed by atoms with van der Waals surface area (Å²) < 4.78 is 11.5. The third-order valence-corrected chi connectivity index (χ3v) is 4.82. The molecule has 104 valence electrons. The van der Waals surface area contributed by atoms with Gasteiger partial charge in [0.2, 0.25) is 0 Å². The predicted molar refractivity (Wildman–Crippen MR) is 68.3 cm³/mol. The smallest absolute Gasteiger partial charge is 0.168 e. The summed E-state index contributed by atoms with van der Waals surface area (Å²) in [5, 5.41) is 13.9. The highest BCUT2D eigenvalue weighted by molar-refractivity contribution is 4.90. The van der Waals surface area contributed by atoms with Crippen LogP contribution in [0.1, 0.15) is 51.4 Å². The number of hydrogen-bond acceptors (Lipinski definition) is 4. The Morgan fingerprint density at radius 3 is 2.22 bits per heavy atom. The van der Waals surface area contributed by atoms with Crippen LogP contribution >= 0.6 is 0 Å². The van der Waals surface area contributed by atoms with Crippen molar-refractivity contribution in [3.05, 3.63) is 0 Å². The third kappa shape index (κ3) is 2.72. The molecule has 2 saturated carbocycles. The monoisotopic (exact) mass is 255 g/mol. The number of nitrogens with one attached hydrogen (secondary N) is 1. The minimum absolute atomic E-state index is 0.261. The Bertz CT molecular complexity index is 273. The van der Waals surface area contributed by atoms with Crippen molar-refractivity contribution in [1.29, 1.82) is 0 Å². The topological polar surface area (TPSA) is 50.7 Å². The highest BCUT2D eigenvalue weighted by Crippen LogP contribution is 2.36. The van der Waals surface area contributed by atoms with Gasteiger partial charge < -0.3 is 19.9 Å². The molecular formula is C14H25NO3. The number of aliphatic hydroxyl groups is 1. The van der Waals surface area contributed by atoms with Gasteiger partial charge in [-0.15, -0.1) is 0 Å². The van der Waals surface area contributed by atoms with Crippen LogP contribution in [-0.2, 0) is 9.47 Å². The Balaban J connectivity index is 1.43. The van der Waals surface area contributed by atoms with E-state index in [1.165, 1.54) is 12.8 Å². The van der Waals surface area contributed by atoms with Crippen LogP contribution in [0.2, 0.25) is 0 Å². The Kier molecular flexibility index (Phi) is 3.63. The van der Waals surface area contributed by atoms with E-state index in [0.717, 1.165) is 58.3 Å². The van der Waals surface area contributed by atoms with E-state index in [1.807, 2.05) is 0 Å². The Morgan fingerprint density at radius 1 is 1.00 bits per heavy atom. The fraction of sp³-hybridized carbons (Fsp3) is 1.00. The molecule has 2 aliphatic carbocycles. The van der Waals surface area contributed by atoms with Gasteiger partial charge >= 0.3 is 0 Å². The van der Waals surface area contributed by atoms with Gasteiger partial charge in [0, 0.05) is 25.4 Å². The first-order chi connectivity index (χ1) is 8.70. The summed E-state index contributed by atoms with van der Waals surface area (Å²) in [4.78, 5) is 0. The fourth-order valence-corrected chi connectivity index (χ4v) is 3.59. The van der Waals surface area contributed by atoms with Crippen LogP contribution in [-0.4, -0.2) is 42.3 Å². The standard InChI is InChI=1S/C14H25NO3/c16-13(5-1-2-6-13)11-15-12-3-7-14(8-4-12)17-9-10-18-14/h12,15-16H,1-11H2. The van der Waals surface area contributed by atoms with Gasteiger partial charge in [-0.05, 0) is 25.7 Å². The minimum atomic E-state index is -0.435. The van der Waals surface area contributed by atoms with Crippen molar-refractivity contribution >= 4 is 0 Å². The minimum Gasteiger partial charge on any atom is -0.389 e. The first kappa shape index (κ1) is 12.9. The van der Waals surface area contributed by atoms with E-state index in [0.29, 0.717) is 6.04 Å². The molecule has 0 aromatic heterocycles. The van der Waals surface area contributed by atoms with Crippen molar-refractivity contribution in [2.45, 2.75) is 68.8 Å². The van der Waals surface area contributed by atoms with Crippen LogP contribution in [0.5, 0.6) is 0 Å². The summed E-state index contributed by atoms with van der Waals surface area (Å²) in [6, 6.07) is 0.521. The maximum Gasteiger partial charge on any atom is 0.168 e. The number of ether oxygens (including phenoxy) is 2. The number of rotatable bonds is 3. The summed E-state index contributed by atoms with van der Waals surface area (Å²) in [6.45, 7) is 2.25. The van der Waals surface area contributed by atoms with E-state index < -0.39 is 5.60 Å². The first-order valence-electron chi connectivity index (χ1n) is 7.44. The maximum atomic E-state index is 10.3. The molecule has 1 aliphatic heterocycles. The third-order valence-electron chi connectivity index (χ3n) is 4.82. The van der Waals surface area contributed by atoms with Crippen molar-refractivity contribution in [1.82, 2.24) is 5.32 Å². The second-order valence-corrected chi connectivity index (χ2v) is 6.19. The van der Waals surface area contributed by atoms with Crippen molar-refractivity contribution in [2.75, 3.05) is 19.8 Å². The molecule has 1 saturated heterocycles. The van der Waals surface area contributed by atoms with Crippen molar-refractivity contribution in [3.8, 4) is 0 Å². The van der Waals surface area contributed by atoms with Gasteiger partial charge in [-0.1, -0.05) is 12.8 Å². The molecule has 4 nitrogen and oxygen atoms in total. The number of hydrogen-bond donors (Lipinski definition) is 2. The summed E-state index contributed by atoms with van der Waals surface area (Å²) in [6.07, 6.45) is 8.44. The highest BCUT2D eigenvalue weighted by Gasteiger charge is 2.40. The van der Waals surface area contributed by atoms with Gasteiger partial charge in [0.15, 0.2) is 5.79 Å². The second-order valence-electron chi connectivity index (χ2n) is 6.19. The van der Waals surface area contributed by atoms with Crippen LogP contribution in [0.25, 0.3) is 0 Å². The molecule has 0 atom stereocenters. The second kappa shape index (κ2) is 5.08. The lowest BCUT2D eigenvalue weighted by atomic mass is 9.89. The van der Waals surface area contributed by atoms with Crippen LogP contribution in [0.4, 0.5) is 0 Å². The quantitative estimate of drug-likeness (QED) is 0.803. The molecule has 0 aromatic rings. The lowest BCUT2D eigenvalue weighted by molar-refractivity contribution is -0.179. The van der Waals surface area contributed by atoms with Crippen LogP contribution < -0.4 is 5.32 Å². The molecule has 3 aliphatic rings. The molecule has 4 heteroatoms. The summed E-state index contributed by atoms with van der Waals surface area (Å²) in [7, 11) is 0. The largest absolute Gasteiger partial charge is 0.389 e. The Morgan fingerprint density at radius 2 is 1.61 bits per heavy atom. The lowest BCUT2D eigenvalue weighted by Crippen LogP contribution is -2.47. The zero-order valence-corrected chi connectivity index (χ0v) is 11.1. The zero-order valence-electron chi connectivity index (χ0n) is 11.1. The summed E-state index contributed by atoms with van der Waals surface area (Å²) >= 11 is 0. The molecule has 2 N–H and O–H groups in total. The average Bonchev–Trinajstić information content (AvgIpc) is 3.00. The van der Waals surface area contributed by atoms with E-state index in [9.17, 15) is 5.11 Å². The molecule has 0 aromatic carbocycles. The molecule has 3 rings (SSSR count). The average molecular weight is 255 g/mol. The normalized spacial score (nSPS) is 31.2. The lowest BCUT2D eigenvalue weighted by Gasteiger charge is -2.36. The molecular weight excluding hydrogens is 230 g/mol. The van der Waals surface area contributed by atoms with Crippen molar-refractivity contribution < 1.29 is 14.6 Å². The van der Waals surface area contributed by atoms with Crippen molar-refractivity contribution in [3.63, 3.8) is 0 Å². The molecule has 0 radical (unpaired) electrons. The Hall–Kier alpha value is -0.160. The summed E-state index contributed by atoms with van der Waals surface area (Å²) in [5.41, 5.74) is -0.435. The zero-order chi connectivity index (χ0) is 12.5. The summed E-state index contributed by atoms with van der Waals surface area (Å²) in [5.74, 6) is -0.261. The fourth-order valence-electron chi connectivity index (χ4n) is 3.59. The van der Waals surface area contributed by atoms with Crippen LogP contribution in [0.15, 0.2) is 0 Å². The van der Waals surface area contributed by atoms with Gasteiger partial charge in [-0.2, -0.15) is 0 Å². The van der Waals surface area contributed by atoms with Gasteiger partial charge in [0.25, 0.3) is 0 Å². The van der Waals surface area contributed by atoms with E-state index >= 15 is 0 Å².